The minimum atomic E-state index is -1.09. The lowest BCUT2D eigenvalue weighted by Gasteiger charge is -2.37. The quantitative estimate of drug-likeness (QED) is 0.0306. The third-order valence-corrected chi connectivity index (χ3v) is 13.8. The summed E-state index contributed by atoms with van der Waals surface area (Å²) in [5.41, 5.74) is 1.81. The summed E-state index contributed by atoms with van der Waals surface area (Å²) in [4.78, 5) is 90.4. The monoisotopic (exact) mass is 916 g/mol. The highest BCUT2D eigenvalue weighted by atomic mass is 16.6. The number of nitriles is 2. The van der Waals surface area contributed by atoms with E-state index in [-0.39, 0.29) is 75.0 Å². The molecule has 0 aromatic rings. The molecule has 15 nitrogen and oxygen atoms in total. The SMILES string of the molecule is [C-]#[N+]C1=C(N2CCCC2)CC(C)(C)C/C1=C(/C=O)C(=O)OCC(COC(=O)/C(C=O)=C1\CC(C)(C)CC(N2CCCC2)=C1C#N)COC(=O)/C(C=O)=C1\CC(C)(C)CC(N2CCCC2)=C1C#N. The molecule has 0 aromatic heterocycles. The third-order valence-electron chi connectivity index (χ3n) is 13.8. The fourth-order valence-electron chi connectivity index (χ4n) is 10.6. The molecule has 0 amide bonds. The summed E-state index contributed by atoms with van der Waals surface area (Å²) in [6.45, 7) is 23.1. The predicted molar refractivity (Wildman–Crippen MR) is 246 cm³/mol. The molecule has 0 unspecified atom stereocenters. The lowest BCUT2D eigenvalue weighted by atomic mass is 9.72. The molecule has 0 atom stereocenters. The second-order valence-electron chi connectivity index (χ2n) is 21.1. The van der Waals surface area contributed by atoms with Crippen molar-refractivity contribution >= 4 is 36.8 Å². The van der Waals surface area contributed by atoms with E-state index in [4.69, 9.17) is 20.8 Å². The van der Waals surface area contributed by atoms with Gasteiger partial charge < -0.3 is 28.9 Å². The number of nitrogens with zero attached hydrogens (tertiary/aromatic N) is 6. The maximum Gasteiger partial charge on any atom is 0.341 e. The molecule has 356 valence electrons. The van der Waals surface area contributed by atoms with Crippen molar-refractivity contribution in [3.8, 4) is 12.1 Å². The molecular weight excluding hydrogens is 853 g/mol. The highest BCUT2D eigenvalue weighted by Gasteiger charge is 2.40. The first-order chi connectivity index (χ1) is 31.9. The topological polar surface area (TPSA) is 192 Å². The van der Waals surface area contributed by atoms with Gasteiger partial charge >= 0.3 is 17.9 Å². The van der Waals surface area contributed by atoms with Crippen LogP contribution in [0.1, 0.15) is 119 Å². The van der Waals surface area contributed by atoms with Crippen molar-refractivity contribution < 1.29 is 43.0 Å². The van der Waals surface area contributed by atoms with Crippen molar-refractivity contribution in [3.63, 3.8) is 0 Å². The fraction of sp³-hybridized carbons (Fsp3) is 0.596. The summed E-state index contributed by atoms with van der Waals surface area (Å²) in [6.07, 6.45) is 9.46. The lowest BCUT2D eigenvalue weighted by Crippen LogP contribution is -2.32. The average Bonchev–Trinajstić information content (AvgIpc) is 4.11. The zero-order valence-corrected chi connectivity index (χ0v) is 40.0. The van der Waals surface area contributed by atoms with Crippen LogP contribution in [-0.2, 0) is 43.0 Å². The van der Waals surface area contributed by atoms with E-state index in [2.05, 4.69) is 31.7 Å². The number of carbonyl (C=O) groups excluding carboxylic acids is 6. The number of hydrogen-bond acceptors (Lipinski definition) is 14. The summed E-state index contributed by atoms with van der Waals surface area (Å²) in [5, 5.41) is 20.8. The maximum absolute atomic E-state index is 14.0. The molecule has 3 heterocycles. The molecule has 0 bridgehead atoms. The smallest absolute Gasteiger partial charge is 0.341 e. The largest absolute Gasteiger partial charge is 0.461 e. The molecule has 0 spiro atoms. The van der Waals surface area contributed by atoms with Crippen LogP contribution in [0.5, 0.6) is 0 Å². The molecule has 67 heavy (non-hydrogen) atoms. The van der Waals surface area contributed by atoms with Crippen LogP contribution in [0.2, 0.25) is 0 Å². The van der Waals surface area contributed by atoms with Crippen LogP contribution in [-0.4, -0.2) is 111 Å². The van der Waals surface area contributed by atoms with Crippen molar-refractivity contribution in [3.05, 3.63) is 78.8 Å². The van der Waals surface area contributed by atoms with Crippen LogP contribution in [0.15, 0.2) is 67.4 Å². The second kappa shape index (κ2) is 21.1. The van der Waals surface area contributed by atoms with Gasteiger partial charge in [-0.15, -0.1) is 0 Å². The molecule has 0 N–H and O–H groups in total. The number of esters is 3. The second-order valence-corrected chi connectivity index (χ2v) is 21.1. The number of rotatable bonds is 15. The normalized spacial score (nSPS) is 23.6. The molecule has 3 fully saturated rings. The van der Waals surface area contributed by atoms with Crippen molar-refractivity contribution in [2.45, 2.75) is 119 Å². The van der Waals surface area contributed by atoms with Gasteiger partial charge in [-0.3, -0.25) is 14.4 Å². The van der Waals surface area contributed by atoms with Crippen LogP contribution >= 0.6 is 0 Å². The van der Waals surface area contributed by atoms with Crippen LogP contribution in [0, 0.1) is 51.4 Å². The molecule has 15 heteroatoms. The van der Waals surface area contributed by atoms with Crippen LogP contribution < -0.4 is 0 Å². The van der Waals surface area contributed by atoms with E-state index in [1.165, 1.54) is 0 Å². The molecule has 3 aliphatic heterocycles. The minimum Gasteiger partial charge on any atom is -0.461 e. The van der Waals surface area contributed by atoms with E-state index >= 15 is 0 Å². The first kappa shape index (κ1) is 50.1. The van der Waals surface area contributed by atoms with Crippen molar-refractivity contribution in [1.29, 1.82) is 10.5 Å². The van der Waals surface area contributed by atoms with Crippen molar-refractivity contribution in [2.75, 3.05) is 59.1 Å². The molecule has 3 saturated heterocycles. The van der Waals surface area contributed by atoms with Gasteiger partial charge in [0.1, 0.15) is 43.1 Å². The Morgan fingerprint density at radius 3 is 1.16 bits per heavy atom. The van der Waals surface area contributed by atoms with Gasteiger partial charge in [-0.25, -0.2) is 19.2 Å². The maximum atomic E-state index is 14.0. The number of carbonyl (C=O) groups is 6. The number of ether oxygens (including phenoxy) is 3. The molecule has 6 rings (SSSR count). The van der Waals surface area contributed by atoms with Gasteiger partial charge in [0.25, 0.3) is 0 Å². The van der Waals surface area contributed by atoms with Crippen molar-refractivity contribution in [2.24, 2.45) is 22.2 Å². The van der Waals surface area contributed by atoms with Gasteiger partial charge in [0.15, 0.2) is 18.9 Å². The van der Waals surface area contributed by atoms with Crippen LogP contribution in [0.4, 0.5) is 0 Å². The number of likely N-dealkylation sites (tertiary alicyclic amines) is 3. The van der Waals surface area contributed by atoms with Crippen LogP contribution in [0.25, 0.3) is 4.85 Å². The molecule has 0 radical (unpaired) electrons. The van der Waals surface area contributed by atoms with E-state index in [0.29, 0.717) is 38.1 Å². The third kappa shape index (κ3) is 11.5. The van der Waals surface area contributed by atoms with E-state index in [1.807, 2.05) is 41.5 Å². The highest BCUT2D eigenvalue weighted by Crippen LogP contribution is 2.47. The Morgan fingerprint density at radius 1 is 0.552 bits per heavy atom. The molecule has 6 aliphatic rings. The Morgan fingerprint density at radius 2 is 0.851 bits per heavy atom. The highest BCUT2D eigenvalue weighted by molar-refractivity contribution is 6.10. The van der Waals surface area contributed by atoms with E-state index in [0.717, 1.165) is 94.9 Å². The Labute approximate surface area is 394 Å². The van der Waals surface area contributed by atoms with E-state index < -0.39 is 54.5 Å². The molecule has 0 aromatic carbocycles. The summed E-state index contributed by atoms with van der Waals surface area (Å²) in [7, 11) is 0. The first-order valence-electron chi connectivity index (χ1n) is 23.6. The zero-order chi connectivity index (χ0) is 48.7. The van der Waals surface area contributed by atoms with Gasteiger partial charge in [-0.05, 0) is 110 Å². The number of aldehydes is 3. The Balaban J connectivity index is 1.31. The lowest BCUT2D eigenvalue weighted by molar-refractivity contribution is -0.148. The molecular formula is C52H64N6O9. The van der Waals surface area contributed by atoms with Gasteiger partial charge in [0, 0.05) is 56.4 Å². The number of allylic oxidation sites excluding steroid dienone is 8. The predicted octanol–water partition coefficient (Wildman–Crippen LogP) is 7.15. The Bertz CT molecular complexity index is 2110. The summed E-state index contributed by atoms with van der Waals surface area (Å²) in [6, 6.07) is 4.50. The minimum absolute atomic E-state index is 0.248. The van der Waals surface area contributed by atoms with Gasteiger partial charge in [0.2, 0.25) is 5.70 Å². The number of hydrogen-bond donors (Lipinski definition) is 0. The summed E-state index contributed by atoms with van der Waals surface area (Å²) < 4.78 is 17.2. The Kier molecular flexibility index (Phi) is 15.8. The fourth-order valence-corrected chi connectivity index (χ4v) is 10.6. The van der Waals surface area contributed by atoms with E-state index in [1.54, 1.807) is 0 Å². The zero-order valence-electron chi connectivity index (χ0n) is 40.0. The molecule has 3 aliphatic carbocycles. The van der Waals surface area contributed by atoms with Crippen molar-refractivity contribution in [1.82, 2.24) is 14.7 Å². The summed E-state index contributed by atoms with van der Waals surface area (Å²) in [5.74, 6) is -4.17. The van der Waals surface area contributed by atoms with Gasteiger partial charge in [-0.1, -0.05) is 41.5 Å². The van der Waals surface area contributed by atoms with Gasteiger partial charge in [-0.2, -0.15) is 10.5 Å². The van der Waals surface area contributed by atoms with Crippen LogP contribution in [0.3, 0.4) is 0 Å². The van der Waals surface area contributed by atoms with E-state index in [9.17, 15) is 39.3 Å². The summed E-state index contributed by atoms with van der Waals surface area (Å²) >= 11 is 0. The first-order valence-corrected chi connectivity index (χ1v) is 23.6. The standard InChI is InChI=1S/C52H64N6O9/c1-50(2)20-35(38(26-53)43(23-50)56-14-8-9-15-56)40(28-59)47(62)65-31-34(32-66-48(63)41(29-60)36-21-51(3,4)24-44(39(36)27-54)57-16-10-11-17-57)33-67-49(64)42(30-61)37-22-52(5,6)25-45(46(37)55-7)58-18-12-13-19-58/h28-30,34H,8-25,31-33H2,1-6H3/b40-35+,41-36+,42-37+. The Hall–Kier alpha value is -6.27. The molecule has 0 saturated carbocycles. The van der Waals surface area contributed by atoms with Gasteiger partial charge in [0.05, 0.1) is 29.2 Å². The average molecular weight is 917 g/mol.